The highest BCUT2D eigenvalue weighted by Crippen LogP contribution is 2.38. The SMILES string of the molecule is O=C(Nc1ccccc1F)N1CCS[C@H]1c1ccc(F)cc1. The summed E-state index contributed by atoms with van der Waals surface area (Å²) in [6.45, 7) is 0.562. The highest BCUT2D eigenvalue weighted by molar-refractivity contribution is 7.99. The van der Waals surface area contributed by atoms with Crippen LogP contribution >= 0.6 is 11.8 Å². The monoisotopic (exact) mass is 320 g/mol. The van der Waals surface area contributed by atoms with Crippen LogP contribution in [-0.4, -0.2) is 23.2 Å². The van der Waals surface area contributed by atoms with Gasteiger partial charge in [0.25, 0.3) is 0 Å². The summed E-state index contributed by atoms with van der Waals surface area (Å²) in [5.41, 5.74) is 1.01. The molecule has 0 spiro atoms. The van der Waals surface area contributed by atoms with Crippen LogP contribution in [0.25, 0.3) is 0 Å². The lowest BCUT2D eigenvalue weighted by Gasteiger charge is -2.24. The number of hydrogen-bond donors (Lipinski definition) is 1. The number of nitrogens with zero attached hydrogens (tertiary/aromatic N) is 1. The molecule has 1 aliphatic heterocycles. The third-order valence-corrected chi connectivity index (χ3v) is 4.68. The van der Waals surface area contributed by atoms with E-state index in [2.05, 4.69) is 5.32 Å². The van der Waals surface area contributed by atoms with Gasteiger partial charge in [-0.3, -0.25) is 0 Å². The Morgan fingerprint density at radius 3 is 2.59 bits per heavy atom. The van der Waals surface area contributed by atoms with Crippen LogP contribution in [0.1, 0.15) is 10.9 Å². The van der Waals surface area contributed by atoms with Gasteiger partial charge in [-0.1, -0.05) is 24.3 Å². The molecule has 0 bridgehead atoms. The predicted octanol–water partition coefficient (Wildman–Crippen LogP) is 4.24. The molecule has 0 unspecified atom stereocenters. The Morgan fingerprint density at radius 1 is 1.14 bits per heavy atom. The van der Waals surface area contributed by atoms with E-state index >= 15 is 0 Å². The van der Waals surface area contributed by atoms with Crippen molar-refractivity contribution in [2.45, 2.75) is 5.37 Å². The van der Waals surface area contributed by atoms with Crippen molar-refractivity contribution in [3.05, 3.63) is 65.7 Å². The van der Waals surface area contributed by atoms with Crippen LogP contribution < -0.4 is 5.32 Å². The van der Waals surface area contributed by atoms with E-state index in [4.69, 9.17) is 0 Å². The average molecular weight is 320 g/mol. The van der Waals surface area contributed by atoms with Gasteiger partial charge in [0.15, 0.2) is 0 Å². The molecule has 22 heavy (non-hydrogen) atoms. The van der Waals surface area contributed by atoms with Gasteiger partial charge in [-0.25, -0.2) is 13.6 Å². The van der Waals surface area contributed by atoms with Crippen molar-refractivity contribution in [2.24, 2.45) is 0 Å². The largest absolute Gasteiger partial charge is 0.323 e. The van der Waals surface area contributed by atoms with Crippen molar-refractivity contribution in [1.29, 1.82) is 0 Å². The van der Waals surface area contributed by atoms with Crippen molar-refractivity contribution < 1.29 is 13.6 Å². The standard InChI is InChI=1S/C16H14F2N2OS/c17-12-7-5-11(6-8-12)15-20(9-10-22-15)16(21)19-14-4-2-1-3-13(14)18/h1-8,15H,9-10H2,(H,19,21)/t15-/m0/s1. The maximum atomic E-state index is 13.6. The highest BCUT2D eigenvalue weighted by atomic mass is 32.2. The Morgan fingerprint density at radius 2 is 1.86 bits per heavy atom. The second-order valence-electron chi connectivity index (χ2n) is 4.88. The number of para-hydroxylation sites is 1. The zero-order valence-corrected chi connectivity index (χ0v) is 12.4. The van der Waals surface area contributed by atoms with Gasteiger partial charge in [0, 0.05) is 12.3 Å². The van der Waals surface area contributed by atoms with Crippen molar-refractivity contribution in [3.63, 3.8) is 0 Å². The van der Waals surface area contributed by atoms with Crippen LogP contribution in [-0.2, 0) is 0 Å². The number of carbonyl (C=O) groups is 1. The van der Waals surface area contributed by atoms with Gasteiger partial charge in [0.1, 0.15) is 17.0 Å². The summed E-state index contributed by atoms with van der Waals surface area (Å²) >= 11 is 1.60. The zero-order chi connectivity index (χ0) is 15.5. The van der Waals surface area contributed by atoms with Gasteiger partial charge >= 0.3 is 6.03 Å². The first-order valence-corrected chi connectivity index (χ1v) is 7.89. The molecule has 0 aliphatic carbocycles. The number of rotatable bonds is 2. The number of benzene rings is 2. The number of hydrogen-bond acceptors (Lipinski definition) is 2. The molecule has 1 aliphatic rings. The smallest absolute Gasteiger partial charge is 0.308 e. The molecule has 1 saturated heterocycles. The van der Waals surface area contributed by atoms with Crippen LogP contribution in [0.5, 0.6) is 0 Å². The van der Waals surface area contributed by atoms with Crippen LogP contribution in [0.4, 0.5) is 19.3 Å². The second-order valence-corrected chi connectivity index (χ2v) is 6.07. The van der Waals surface area contributed by atoms with E-state index in [0.717, 1.165) is 11.3 Å². The molecule has 6 heteroatoms. The fourth-order valence-electron chi connectivity index (χ4n) is 2.33. The molecule has 1 atom stereocenters. The topological polar surface area (TPSA) is 32.3 Å². The van der Waals surface area contributed by atoms with Gasteiger partial charge in [0.2, 0.25) is 0 Å². The first-order chi connectivity index (χ1) is 10.6. The summed E-state index contributed by atoms with van der Waals surface area (Å²) in [7, 11) is 0. The lowest BCUT2D eigenvalue weighted by Crippen LogP contribution is -2.34. The number of halogens is 2. The molecule has 0 radical (unpaired) electrons. The Balaban J connectivity index is 1.76. The fourth-order valence-corrected chi connectivity index (χ4v) is 3.59. The molecule has 1 heterocycles. The molecule has 3 nitrogen and oxygen atoms in total. The lowest BCUT2D eigenvalue weighted by atomic mass is 10.2. The Bertz CT molecular complexity index is 678. The van der Waals surface area contributed by atoms with Crippen molar-refractivity contribution in [2.75, 3.05) is 17.6 Å². The predicted molar refractivity (Wildman–Crippen MR) is 83.7 cm³/mol. The summed E-state index contributed by atoms with van der Waals surface area (Å²) in [6, 6.07) is 11.8. The number of thioether (sulfide) groups is 1. The van der Waals surface area contributed by atoms with E-state index in [-0.39, 0.29) is 22.9 Å². The van der Waals surface area contributed by atoms with Crippen molar-refractivity contribution in [1.82, 2.24) is 4.90 Å². The maximum Gasteiger partial charge on any atom is 0.323 e. The molecule has 0 saturated carbocycles. The van der Waals surface area contributed by atoms with E-state index in [9.17, 15) is 13.6 Å². The fraction of sp³-hybridized carbons (Fsp3) is 0.188. The highest BCUT2D eigenvalue weighted by Gasteiger charge is 2.31. The van der Waals surface area contributed by atoms with Gasteiger partial charge < -0.3 is 10.2 Å². The van der Waals surface area contributed by atoms with Gasteiger partial charge in [-0.15, -0.1) is 11.8 Å². The molecule has 2 aromatic carbocycles. The van der Waals surface area contributed by atoms with Crippen molar-refractivity contribution >= 4 is 23.5 Å². The summed E-state index contributed by atoms with van der Waals surface area (Å²) < 4.78 is 26.6. The molecule has 2 aromatic rings. The van der Waals surface area contributed by atoms with Crippen LogP contribution in [0.15, 0.2) is 48.5 Å². The Labute approximate surface area is 131 Å². The summed E-state index contributed by atoms with van der Waals surface area (Å²) in [5, 5.41) is 2.40. The van der Waals surface area contributed by atoms with Crippen LogP contribution in [0, 0.1) is 11.6 Å². The normalized spacial score (nSPS) is 17.5. The second kappa shape index (κ2) is 6.36. The molecule has 2 amide bonds. The van der Waals surface area contributed by atoms with E-state index in [1.165, 1.54) is 24.3 Å². The average Bonchev–Trinajstić information content (AvgIpc) is 3.00. The summed E-state index contributed by atoms with van der Waals surface area (Å²) in [4.78, 5) is 14.0. The third-order valence-electron chi connectivity index (χ3n) is 3.42. The zero-order valence-electron chi connectivity index (χ0n) is 11.6. The molecule has 114 valence electrons. The lowest BCUT2D eigenvalue weighted by molar-refractivity contribution is 0.214. The molecular weight excluding hydrogens is 306 g/mol. The van der Waals surface area contributed by atoms with Crippen molar-refractivity contribution in [3.8, 4) is 0 Å². The van der Waals surface area contributed by atoms with Crippen LogP contribution in [0.3, 0.4) is 0 Å². The molecule has 3 rings (SSSR count). The minimum Gasteiger partial charge on any atom is -0.308 e. The van der Waals surface area contributed by atoms with Crippen LogP contribution in [0.2, 0.25) is 0 Å². The molecule has 1 fully saturated rings. The molecule has 1 N–H and O–H groups in total. The van der Waals surface area contributed by atoms with Gasteiger partial charge in [0.05, 0.1) is 5.69 Å². The number of carbonyl (C=O) groups excluding carboxylic acids is 1. The quantitative estimate of drug-likeness (QED) is 0.897. The first kappa shape index (κ1) is 14.8. The first-order valence-electron chi connectivity index (χ1n) is 6.84. The summed E-state index contributed by atoms with van der Waals surface area (Å²) in [6.07, 6.45) is 0. The van der Waals surface area contributed by atoms with Gasteiger partial charge in [-0.05, 0) is 29.8 Å². The van der Waals surface area contributed by atoms with Gasteiger partial charge in [-0.2, -0.15) is 0 Å². The molecular formula is C16H14F2N2OS. The van der Waals surface area contributed by atoms with E-state index < -0.39 is 5.82 Å². The minimum atomic E-state index is -0.471. The number of anilines is 1. The number of nitrogens with one attached hydrogen (secondary N) is 1. The minimum absolute atomic E-state index is 0.155. The Kier molecular flexibility index (Phi) is 4.29. The third kappa shape index (κ3) is 3.06. The molecule has 0 aromatic heterocycles. The van der Waals surface area contributed by atoms with E-state index in [1.807, 2.05) is 0 Å². The van der Waals surface area contributed by atoms with E-state index in [1.54, 1.807) is 40.9 Å². The number of amides is 2. The maximum absolute atomic E-state index is 13.6. The summed E-state index contributed by atoms with van der Waals surface area (Å²) in [5.74, 6) is 0.00218. The number of urea groups is 1. The van der Waals surface area contributed by atoms with E-state index in [0.29, 0.717) is 6.54 Å². The Hall–Kier alpha value is -2.08.